The second-order valence-electron chi connectivity index (χ2n) is 6.40. The molecule has 116 valence electrons. The summed E-state index contributed by atoms with van der Waals surface area (Å²) < 4.78 is 0. The van der Waals surface area contributed by atoms with E-state index in [2.05, 4.69) is 82.4 Å². The Morgan fingerprint density at radius 3 is 2.68 bits per heavy atom. The lowest BCUT2D eigenvalue weighted by Crippen LogP contribution is -2.32. The fraction of sp³-hybridized carbons (Fsp3) is 0.400. The molecule has 0 saturated heterocycles. The van der Waals surface area contributed by atoms with Crippen LogP contribution in [0.5, 0.6) is 0 Å². The van der Waals surface area contributed by atoms with Gasteiger partial charge in [0.15, 0.2) is 0 Å². The van der Waals surface area contributed by atoms with Crippen LogP contribution in [0.4, 0.5) is 5.69 Å². The molecule has 0 radical (unpaired) electrons. The summed E-state index contributed by atoms with van der Waals surface area (Å²) in [7, 11) is 0. The van der Waals surface area contributed by atoms with Gasteiger partial charge in [-0.05, 0) is 62.8 Å². The average Bonchev–Trinajstić information content (AvgIpc) is 2.92. The van der Waals surface area contributed by atoms with Gasteiger partial charge in [-0.3, -0.25) is 0 Å². The van der Waals surface area contributed by atoms with E-state index in [1.165, 1.54) is 36.2 Å². The standard InChI is InChI=1S/C20H24BrN/c1-16-6-5-9-19(12-10-16)22(18-7-3-2-4-8-18)20-13-11-17(14-20)15-21/h2-5,7-10,12,17,20H,6,11,13-15H2,1H3. The number of hydrogen-bond donors (Lipinski definition) is 0. The van der Waals surface area contributed by atoms with Crippen molar-refractivity contribution in [1.29, 1.82) is 0 Å². The van der Waals surface area contributed by atoms with E-state index in [0.717, 1.165) is 17.7 Å². The molecule has 0 bridgehead atoms. The van der Waals surface area contributed by atoms with Gasteiger partial charge in [0.1, 0.15) is 0 Å². The molecule has 22 heavy (non-hydrogen) atoms. The molecule has 1 aromatic carbocycles. The zero-order valence-corrected chi connectivity index (χ0v) is 14.8. The zero-order chi connectivity index (χ0) is 15.4. The van der Waals surface area contributed by atoms with Gasteiger partial charge in [0.05, 0.1) is 0 Å². The Hall–Kier alpha value is -1.28. The molecule has 2 heteroatoms. The molecule has 0 aromatic heterocycles. The van der Waals surface area contributed by atoms with Crippen molar-refractivity contribution >= 4 is 21.6 Å². The Morgan fingerprint density at radius 1 is 1.14 bits per heavy atom. The quantitative estimate of drug-likeness (QED) is 0.611. The molecule has 0 spiro atoms. The van der Waals surface area contributed by atoms with Gasteiger partial charge in [0.25, 0.3) is 0 Å². The van der Waals surface area contributed by atoms with Gasteiger partial charge in [-0.15, -0.1) is 0 Å². The molecule has 1 fully saturated rings. The van der Waals surface area contributed by atoms with Gasteiger partial charge < -0.3 is 4.90 Å². The Balaban J connectivity index is 1.93. The first-order valence-corrected chi connectivity index (χ1v) is 9.34. The highest BCUT2D eigenvalue weighted by Crippen LogP contribution is 2.36. The maximum absolute atomic E-state index is 3.67. The fourth-order valence-electron chi connectivity index (χ4n) is 3.46. The minimum Gasteiger partial charge on any atom is -0.338 e. The molecule has 2 atom stereocenters. The first-order valence-electron chi connectivity index (χ1n) is 8.22. The second-order valence-corrected chi connectivity index (χ2v) is 7.05. The lowest BCUT2D eigenvalue weighted by molar-refractivity contribution is 0.595. The van der Waals surface area contributed by atoms with Crippen molar-refractivity contribution in [2.24, 2.45) is 5.92 Å². The molecular formula is C20H24BrN. The predicted octanol–water partition coefficient (Wildman–Crippen LogP) is 5.85. The van der Waals surface area contributed by atoms with E-state index in [9.17, 15) is 0 Å². The van der Waals surface area contributed by atoms with Crippen LogP contribution in [0.1, 0.15) is 32.6 Å². The van der Waals surface area contributed by atoms with E-state index < -0.39 is 0 Å². The number of alkyl halides is 1. The van der Waals surface area contributed by atoms with Gasteiger partial charge in [-0.2, -0.15) is 0 Å². The Morgan fingerprint density at radius 2 is 1.95 bits per heavy atom. The summed E-state index contributed by atoms with van der Waals surface area (Å²) in [5.41, 5.74) is 4.05. The fourth-order valence-corrected chi connectivity index (χ4v) is 4.05. The number of para-hydroxylation sites is 1. The first-order chi connectivity index (χ1) is 10.8. The summed E-state index contributed by atoms with van der Waals surface area (Å²) >= 11 is 3.67. The van der Waals surface area contributed by atoms with Crippen LogP contribution in [0.2, 0.25) is 0 Å². The molecule has 0 heterocycles. The van der Waals surface area contributed by atoms with Crippen molar-refractivity contribution < 1.29 is 0 Å². The summed E-state index contributed by atoms with van der Waals surface area (Å²) in [5.74, 6) is 0.809. The van der Waals surface area contributed by atoms with Crippen LogP contribution in [0.3, 0.4) is 0 Å². The molecule has 2 unspecified atom stereocenters. The topological polar surface area (TPSA) is 3.24 Å². The minimum atomic E-state index is 0.604. The highest BCUT2D eigenvalue weighted by atomic mass is 79.9. The molecule has 0 aliphatic heterocycles. The van der Waals surface area contributed by atoms with Crippen LogP contribution in [0.15, 0.2) is 65.9 Å². The van der Waals surface area contributed by atoms with Crippen molar-refractivity contribution in [2.75, 3.05) is 10.2 Å². The smallest absolute Gasteiger partial charge is 0.0413 e. The summed E-state index contributed by atoms with van der Waals surface area (Å²) in [6, 6.07) is 11.4. The van der Waals surface area contributed by atoms with Crippen LogP contribution < -0.4 is 4.90 Å². The third kappa shape index (κ3) is 3.55. The molecule has 0 amide bonds. The molecule has 1 nitrogen and oxygen atoms in total. The molecular weight excluding hydrogens is 334 g/mol. The number of hydrogen-bond acceptors (Lipinski definition) is 1. The zero-order valence-electron chi connectivity index (χ0n) is 13.2. The minimum absolute atomic E-state index is 0.604. The van der Waals surface area contributed by atoms with Gasteiger partial charge in [0, 0.05) is 22.8 Å². The summed E-state index contributed by atoms with van der Waals surface area (Å²) in [6.45, 7) is 2.20. The van der Waals surface area contributed by atoms with Crippen molar-refractivity contribution in [1.82, 2.24) is 0 Å². The third-order valence-corrected chi connectivity index (χ3v) is 5.59. The number of halogens is 1. The highest BCUT2D eigenvalue weighted by Gasteiger charge is 2.30. The Kier molecular flexibility index (Phi) is 5.20. The van der Waals surface area contributed by atoms with E-state index in [-0.39, 0.29) is 0 Å². The number of allylic oxidation sites excluding steroid dienone is 5. The lowest BCUT2D eigenvalue weighted by atomic mass is 10.1. The van der Waals surface area contributed by atoms with Crippen molar-refractivity contribution in [3.63, 3.8) is 0 Å². The molecule has 3 rings (SSSR count). The number of anilines is 1. The van der Waals surface area contributed by atoms with Crippen LogP contribution in [-0.4, -0.2) is 11.4 Å². The van der Waals surface area contributed by atoms with Gasteiger partial charge in [-0.1, -0.05) is 51.9 Å². The average molecular weight is 358 g/mol. The summed E-state index contributed by atoms with van der Waals surface area (Å²) in [4.78, 5) is 2.55. The highest BCUT2D eigenvalue weighted by molar-refractivity contribution is 9.09. The summed E-state index contributed by atoms with van der Waals surface area (Å²) in [5, 5.41) is 1.13. The number of nitrogens with zero attached hydrogens (tertiary/aromatic N) is 1. The van der Waals surface area contributed by atoms with Crippen LogP contribution in [0.25, 0.3) is 0 Å². The van der Waals surface area contributed by atoms with Crippen molar-refractivity contribution in [2.45, 2.75) is 38.6 Å². The van der Waals surface area contributed by atoms with Crippen LogP contribution in [0, 0.1) is 5.92 Å². The monoisotopic (exact) mass is 357 g/mol. The molecule has 2 aliphatic carbocycles. The molecule has 1 saturated carbocycles. The van der Waals surface area contributed by atoms with E-state index in [4.69, 9.17) is 0 Å². The second kappa shape index (κ2) is 7.32. The van der Waals surface area contributed by atoms with Gasteiger partial charge in [-0.25, -0.2) is 0 Å². The number of benzene rings is 1. The van der Waals surface area contributed by atoms with Crippen LogP contribution in [-0.2, 0) is 0 Å². The summed E-state index contributed by atoms with van der Waals surface area (Å²) in [6.07, 6.45) is 14.1. The van der Waals surface area contributed by atoms with Crippen molar-refractivity contribution in [3.8, 4) is 0 Å². The van der Waals surface area contributed by atoms with Gasteiger partial charge >= 0.3 is 0 Å². The van der Waals surface area contributed by atoms with Gasteiger partial charge in [0.2, 0.25) is 0 Å². The maximum Gasteiger partial charge on any atom is 0.0413 e. The molecule has 1 aromatic rings. The normalized spacial score (nSPS) is 24.6. The van der Waals surface area contributed by atoms with E-state index >= 15 is 0 Å². The largest absolute Gasteiger partial charge is 0.338 e. The lowest BCUT2D eigenvalue weighted by Gasteiger charge is -2.32. The Labute approximate surface area is 142 Å². The third-order valence-electron chi connectivity index (χ3n) is 4.68. The maximum atomic E-state index is 3.67. The predicted molar refractivity (Wildman–Crippen MR) is 99.4 cm³/mol. The van der Waals surface area contributed by atoms with Crippen molar-refractivity contribution in [3.05, 3.63) is 65.9 Å². The molecule has 0 N–H and O–H groups in total. The SMILES string of the molecule is CC1=CC=C(N(c2ccccc2)C2CCC(CBr)C2)C=CC1. The van der Waals surface area contributed by atoms with E-state index in [0.29, 0.717) is 6.04 Å². The first kappa shape index (κ1) is 15.6. The number of rotatable bonds is 4. The van der Waals surface area contributed by atoms with E-state index in [1.807, 2.05) is 0 Å². The van der Waals surface area contributed by atoms with E-state index in [1.54, 1.807) is 0 Å². The molecule has 2 aliphatic rings. The van der Waals surface area contributed by atoms with Crippen LogP contribution >= 0.6 is 15.9 Å². The Bertz CT molecular complexity index is 585.